The Morgan fingerprint density at radius 3 is 2.75 bits per heavy atom. The summed E-state index contributed by atoms with van der Waals surface area (Å²) in [6, 6.07) is 5.81. The minimum Gasteiger partial charge on any atom is -0.498 e. The summed E-state index contributed by atoms with van der Waals surface area (Å²) < 4.78 is 11.3. The molecule has 1 unspecified atom stereocenters. The van der Waals surface area contributed by atoms with Gasteiger partial charge in [0.25, 0.3) is 0 Å². The fraction of sp³-hybridized carbons (Fsp3) is 0.267. The van der Waals surface area contributed by atoms with Crippen LogP contribution in [0.2, 0.25) is 0 Å². The van der Waals surface area contributed by atoms with Gasteiger partial charge in [-0.2, -0.15) is 5.26 Å². The number of ether oxygens (including phenoxy) is 2. The molecule has 2 N–H and O–H groups in total. The van der Waals surface area contributed by atoms with E-state index in [1.54, 1.807) is 20.3 Å². The van der Waals surface area contributed by atoms with Gasteiger partial charge in [0.05, 0.1) is 18.2 Å². The molecule has 0 saturated carbocycles. The van der Waals surface area contributed by atoms with Crippen LogP contribution in [0.15, 0.2) is 47.8 Å². The van der Waals surface area contributed by atoms with Crippen LogP contribution in [-0.4, -0.2) is 14.2 Å². The zero-order valence-corrected chi connectivity index (χ0v) is 12.2. The Bertz CT molecular complexity index is 622. The zero-order valence-electron chi connectivity index (χ0n) is 11.4. The minimum atomic E-state index is -0.680. The minimum absolute atomic E-state index is 0.599. The molecule has 0 aromatic carbocycles. The smallest absolute Gasteiger partial charge is 0.162 e. The van der Waals surface area contributed by atoms with Gasteiger partial charge in [-0.05, 0) is 29.9 Å². The van der Waals surface area contributed by atoms with Gasteiger partial charge in [0, 0.05) is 24.5 Å². The first kappa shape index (κ1) is 14.4. The molecule has 0 radical (unpaired) electrons. The van der Waals surface area contributed by atoms with Crippen molar-refractivity contribution >= 4 is 16.3 Å². The van der Waals surface area contributed by atoms with E-state index in [0.29, 0.717) is 6.42 Å². The molecule has 0 saturated heterocycles. The molecule has 0 amide bonds. The van der Waals surface area contributed by atoms with Crippen LogP contribution in [0.5, 0.6) is 0 Å². The number of nitrogens with zero attached hydrogens (tertiary/aromatic N) is 1. The lowest BCUT2D eigenvalue weighted by molar-refractivity contribution is -0.0216. The number of hydrogen-bond donors (Lipinski definition) is 1. The molecule has 0 aliphatic heterocycles. The van der Waals surface area contributed by atoms with Crippen molar-refractivity contribution in [3.63, 3.8) is 0 Å². The van der Waals surface area contributed by atoms with E-state index in [2.05, 4.69) is 0 Å². The van der Waals surface area contributed by atoms with Gasteiger partial charge in [-0.25, -0.2) is 0 Å². The Morgan fingerprint density at radius 2 is 2.20 bits per heavy atom. The molecule has 1 atom stereocenters. The van der Waals surface area contributed by atoms with Crippen LogP contribution in [0.4, 0.5) is 5.00 Å². The van der Waals surface area contributed by atoms with Crippen LogP contribution in [0, 0.1) is 11.3 Å². The van der Waals surface area contributed by atoms with E-state index < -0.39 is 5.60 Å². The molecule has 1 aliphatic rings. The van der Waals surface area contributed by atoms with Crippen LogP contribution >= 0.6 is 11.3 Å². The molecule has 1 heterocycles. The van der Waals surface area contributed by atoms with E-state index in [9.17, 15) is 0 Å². The average Bonchev–Trinajstić information content (AvgIpc) is 2.91. The predicted molar refractivity (Wildman–Crippen MR) is 80.0 cm³/mol. The van der Waals surface area contributed by atoms with Gasteiger partial charge in [-0.1, -0.05) is 6.08 Å². The highest BCUT2D eigenvalue weighted by molar-refractivity contribution is 7.16. The molecule has 4 nitrogen and oxygen atoms in total. The highest BCUT2D eigenvalue weighted by atomic mass is 32.1. The van der Waals surface area contributed by atoms with Crippen molar-refractivity contribution in [2.45, 2.75) is 12.0 Å². The summed E-state index contributed by atoms with van der Waals surface area (Å²) in [5, 5.41) is 9.38. The van der Waals surface area contributed by atoms with E-state index in [4.69, 9.17) is 20.5 Å². The van der Waals surface area contributed by atoms with Crippen LogP contribution in [0.3, 0.4) is 0 Å². The van der Waals surface area contributed by atoms with Gasteiger partial charge in [0.2, 0.25) is 0 Å². The highest BCUT2D eigenvalue weighted by Gasteiger charge is 2.41. The van der Waals surface area contributed by atoms with Crippen molar-refractivity contribution in [3.8, 4) is 6.07 Å². The molecule has 0 spiro atoms. The topological polar surface area (TPSA) is 68.3 Å². The first-order valence-corrected chi connectivity index (χ1v) is 6.90. The summed E-state index contributed by atoms with van der Waals surface area (Å²) in [4.78, 5) is 0.988. The SMILES string of the molecule is COC1=CC=C(/C=C\C#N)CC1(OC)c1ccc(N)s1. The third kappa shape index (κ3) is 2.48. The average molecular weight is 288 g/mol. The number of thiophene rings is 1. The zero-order chi connectivity index (χ0) is 14.6. The molecule has 20 heavy (non-hydrogen) atoms. The Labute approximate surface area is 122 Å². The quantitative estimate of drug-likeness (QED) is 0.864. The van der Waals surface area contributed by atoms with Crippen LogP contribution in [-0.2, 0) is 15.1 Å². The van der Waals surface area contributed by atoms with Crippen molar-refractivity contribution in [1.82, 2.24) is 0 Å². The van der Waals surface area contributed by atoms with Gasteiger partial charge >= 0.3 is 0 Å². The van der Waals surface area contributed by atoms with Crippen LogP contribution < -0.4 is 5.73 Å². The third-order valence-electron chi connectivity index (χ3n) is 3.27. The predicted octanol–water partition coefficient (Wildman–Crippen LogP) is 3.11. The fourth-order valence-corrected chi connectivity index (χ4v) is 3.24. The molecule has 1 aliphatic carbocycles. The first-order chi connectivity index (χ1) is 9.66. The third-order valence-corrected chi connectivity index (χ3v) is 4.32. The largest absolute Gasteiger partial charge is 0.498 e. The molecule has 0 bridgehead atoms. The number of anilines is 1. The van der Waals surface area contributed by atoms with Crippen molar-refractivity contribution < 1.29 is 9.47 Å². The van der Waals surface area contributed by atoms with Gasteiger partial charge in [0.1, 0.15) is 5.76 Å². The summed E-state index contributed by atoms with van der Waals surface area (Å²) in [5.41, 5.74) is 6.15. The number of nitrogen functional groups attached to an aromatic ring is 1. The van der Waals surface area contributed by atoms with Crippen molar-refractivity contribution in [2.75, 3.05) is 20.0 Å². The molecule has 104 valence electrons. The van der Waals surface area contributed by atoms with Gasteiger partial charge < -0.3 is 15.2 Å². The summed E-state index contributed by atoms with van der Waals surface area (Å²) in [5.74, 6) is 0.732. The summed E-state index contributed by atoms with van der Waals surface area (Å²) in [6.07, 6.45) is 7.65. The number of nitrogens with two attached hydrogens (primary N) is 1. The Hall–Kier alpha value is -2.03. The molecule has 0 fully saturated rings. The summed E-state index contributed by atoms with van der Waals surface area (Å²) >= 11 is 1.48. The van der Waals surface area contributed by atoms with E-state index in [0.717, 1.165) is 21.2 Å². The maximum absolute atomic E-state index is 8.65. The second-order valence-corrected chi connectivity index (χ2v) is 5.46. The van der Waals surface area contributed by atoms with Gasteiger partial charge in [-0.15, -0.1) is 11.3 Å². The molecular weight excluding hydrogens is 272 g/mol. The van der Waals surface area contributed by atoms with Crippen molar-refractivity contribution in [1.29, 1.82) is 5.26 Å². The molecule has 5 heteroatoms. The molecule has 2 rings (SSSR count). The molecular formula is C15H16N2O2S. The lowest BCUT2D eigenvalue weighted by Crippen LogP contribution is -2.33. The Morgan fingerprint density at radius 1 is 1.40 bits per heavy atom. The van der Waals surface area contributed by atoms with Crippen LogP contribution in [0.25, 0.3) is 0 Å². The Balaban J connectivity index is 2.47. The molecule has 1 aromatic rings. The number of rotatable bonds is 4. The maximum Gasteiger partial charge on any atom is 0.162 e. The van der Waals surface area contributed by atoms with Crippen molar-refractivity contribution in [2.24, 2.45) is 0 Å². The number of allylic oxidation sites excluding steroid dienone is 4. The summed E-state index contributed by atoms with van der Waals surface area (Å²) in [6.45, 7) is 0. The maximum atomic E-state index is 8.65. The molecule has 1 aromatic heterocycles. The fourth-order valence-electron chi connectivity index (χ4n) is 2.29. The highest BCUT2D eigenvalue weighted by Crippen LogP contribution is 2.45. The monoisotopic (exact) mass is 288 g/mol. The lowest BCUT2D eigenvalue weighted by atomic mass is 9.86. The second-order valence-electron chi connectivity index (χ2n) is 4.35. The standard InChI is InChI=1S/C15H16N2O2S/c1-18-12-6-5-11(4-3-9-16)10-15(12,19-2)13-7-8-14(17)20-13/h3-8H,10,17H2,1-2H3/b4-3-. The van der Waals surface area contributed by atoms with E-state index in [1.807, 2.05) is 30.4 Å². The van der Waals surface area contributed by atoms with Gasteiger partial charge in [0.15, 0.2) is 5.60 Å². The van der Waals surface area contributed by atoms with Crippen LogP contribution in [0.1, 0.15) is 11.3 Å². The van der Waals surface area contributed by atoms with Gasteiger partial charge in [-0.3, -0.25) is 0 Å². The van der Waals surface area contributed by atoms with E-state index in [-0.39, 0.29) is 0 Å². The normalized spacial score (nSPS) is 22.2. The number of nitriles is 1. The summed E-state index contributed by atoms with van der Waals surface area (Å²) in [7, 11) is 3.28. The Kier molecular flexibility index (Phi) is 4.28. The van der Waals surface area contributed by atoms with Crippen molar-refractivity contribution in [3.05, 3.63) is 52.6 Å². The first-order valence-electron chi connectivity index (χ1n) is 6.08. The lowest BCUT2D eigenvalue weighted by Gasteiger charge is -2.35. The van der Waals surface area contributed by atoms with E-state index in [1.165, 1.54) is 17.4 Å². The second kappa shape index (κ2) is 5.95. The van der Waals surface area contributed by atoms with E-state index >= 15 is 0 Å². The number of hydrogen-bond acceptors (Lipinski definition) is 5. The number of methoxy groups -OCH3 is 2.